The monoisotopic (exact) mass is 256 g/mol. The Morgan fingerprint density at radius 2 is 2.12 bits per heavy atom. The molecule has 5 nitrogen and oxygen atoms in total. The largest absolute Gasteiger partial charge is 0.472 e. The van der Waals surface area contributed by atoms with E-state index in [4.69, 9.17) is 27.8 Å². The molecule has 2 rings (SSSR count). The van der Waals surface area contributed by atoms with E-state index < -0.39 is 0 Å². The molecule has 0 aliphatic rings. The van der Waals surface area contributed by atoms with Crippen LogP contribution in [0, 0.1) is 0 Å². The van der Waals surface area contributed by atoms with Gasteiger partial charge in [0.15, 0.2) is 0 Å². The quantitative estimate of drug-likeness (QED) is 0.876. The average molecular weight is 257 g/mol. The van der Waals surface area contributed by atoms with Crippen LogP contribution in [0.15, 0.2) is 17.5 Å². The van der Waals surface area contributed by atoms with Crippen LogP contribution in [-0.4, -0.2) is 9.97 Å². The summed E-state index contributed by atoms with van der Waals surface area (Å²) in [5.41, 5.74) is 10.9. The van der Waals surface area contributed by atoms with Crippen molar-refractivity contribution in [2.24, 2.45) is 0 Å². The molecule has 4 N–H and O–H groups in total. The highest BCUT2D eigenvalue weighted by molar-refractivity contribution is 7.10. The van der Waals surface area contributed by atoms with Crippen molar-refractivity contribution >= 4 is 34.7 Å². The minimum Gasteiger partial charge on any atom is -0.472 e. The molecule has 0 unspecified atom stereocenters. The molecule has 0 bridgehead atoms. The van der Waals surface area contributed by atoms with Gasteiger partial charge >= 0.3 is 0 Å². The first kappa shape index (κ1) is 11.0. The van der Waals surface area contributed by atoms with Crippen LogP contribution in [0.5, 0.6) is 5.88 Å². The Hall–Kier alpha value is -1.53. The molecule has 0 aromatic carbocycles. The molecule has 7 heteroatoms. The lowest BCUT2D eigenvalue weighted by Gasteiger charge is -2.04. The number of halogens is 1. The normalized spacial score (nSPS) is 10.3. The van der Waals surface area contributed by atoms with E-state index >= 15 is 0 Å². The fraction of sp³-hybridized carbons (Fsp3) is 0.111. The van der Waals surface area contributed by atoms with Gasteiger partial charge in [0.2, 0.25) is 11.8 Å². The Balaban J connectivity index is 2.04. The molecule has 2 aromatic heterocycles. The third-order valence-electron chi connectivity index (χ3n) is 1.72. The van der Waals surface area contributed by atoms with Crippen LogP contribution in [0.1, 0.15) is 4.88 Å². The summed E-state index contributed by atoms with van der Waals surface area (Å²) >= 11 is 7.30. The number of ether oxygens (including phenoxy) is 1. The van der Waals surface area contributed by atoms with Crippen molar-refractivity contribution in [3.05, 3.63) is 27.4 Å². The SMILES string of the molecule is Nc1cc(OCc2cc(Cl)cs2)nc(N)n1. The Morgan fingerprint density at radius 3 is 2.75 bits per heavy atom. The molecule has 0 spiro atoms. The van der Waals surface area contributed by atoms with Gasteiger partial charge in [-0.15, -0.1) is 11.3 Å². The number of anilines is 2. The van der Waals surface area contributed by atoms with E-state index in [0.717, 1.165) is 4.88 Å². The van der Waals surface area contributed by atoms with Crippen molar-refractivity contribution < 1.29 is 4.74 Å². The topological polar surface area (TPSA) is 87.0 Å². The summed E-state index contributed by atoms with van der Waals surface area (Å²) in [6.07, 6.45) is 0. The minimum absolute atomic E-state index is 0.0965. The van der Waals surface area contributed by atoms with Crippen molar-refractivity contribution in [2.45, 2.75) is 6.61 Å². The van der Waals surface area contributed by atoms with Crippen LogP contribution in [0.25, 0.3) is 0 Å². The van der Waals surface area contributed by atoms with Gasteiger partial charge in [-0.1, -0.05) is 11.6 Å². The summed E-state index contributed by atoms with van der Waals surface area (Å²) in [6.45, 7) is 0.382. The molecule has 0 saturated heterocycles. The van der Waals surface area contributed by atoms with Crippen LogP contribution in [0.2, 0.25) is 5.02 Å². The van der Waals surface area contributed by atoms with Gasteiger partial charge in [-0.3, -0.25) is 0 Å². The van der Waals surface area contributed by atoms with E-state index in [-0.39, 0.29) is 11.8 Å². The first-order valence-electron chi connectivity index (χ1n) is 4.39. The maximum absolute atomic E-state index is 5.78. The van der Waals surface area contributed by atoms with E-state index in [9.17, 15) is 0 Å². The molecule has 0 aliphatic heterocycles. The Morgan fingerprint density at radius 1 is 1.31 bits per heavy atom. The number of hydrogen-bond donors (Lipinski definition) is 2. The number of rotatable bonds is 3. The summed E-state index contributed by atoms with van der Waals surface area (Å²) in [7, 11) is 0. The van der Waals surface area contributed by atoms with Gasteiger partial charge < -0.3 is 16.2 Å². The van der Waals surface area contributed by atoms with Gasteiger partial charge in [0.05, 0.1) is 5.02 Å². The predicted octanol–water partition coefficient (Wildman–Crippen LogP) is 1.93. The summed E-state index contributed by atoms with van der Waals surface area (Å²) in [4.78, 5) is 8.63. The second kappa shape index (κ2) is 4.54. The van der Waals surface area contributed by atoms with E-state index in [1.807, 2.05) is 11.4 Å². The molecule has 0 aliphatic carbocycles. The fourth-order valence-electron chi connectivity index (χ4n) is 1.11. The number of thiophene rings is 1. The lowest BCUT2D eigenvalue weighted by molar-refractivity contribution is 0.297. The van der Waals surface area contributed by atoms with E-state index in [0.29, 0.717) is 17.5 Å². The molecule has 0 saturated carbocycles. The van der Waals surface area contributed by atoms with Crippen LogP contribution in [-0.2, 0) is 6.61 Å². The number of nitrogens with zero attached hydrogens (tertiary/aromatic N) is 2. The van der Waals surface area contributed by atoms with Crippen molar-refractivity contribution in [3.63, 3.8) is 0 Å². The van der Waals surface area contributed by atoms with Crippen LogP contribution >= 0.6 is 22.9 Å². The summed E-state index contributed by atoms with van der Waals surface area (Å²) in [6, 6.07) is 3.35. The third-order valence-corrected chi connectivity index (χ3v) is 2.98. The zero-order chi connectivity index (χ0) is 11.5. The Labute approximate surface area is 101 Å². The van der Waals surface area contributed by atoms with E-state index in [2.05, 4.69) is 9.97 Å². The molecule has 0 fully saturated rings. The minimum atomic E-state index is 0.0965. The van der Waals surface area contributed by atoms with Gasteiger partial charge in [-0.05, 0) is 6.07 Å². The fourth-order valence-corrected chi connectivity index (χ4v) is 2.09. The average Bonchev–Trinajstić information content (AvgIpc) is 2.60. The van der Waals surface area contributed by atoms with Crippen LogP contribution in [0.4, 0.5) is 11.8 Å². The lowest BCUT2D eigenvalue weighted by Crippen LogP contribution is -2.02. The lowest BCUT2D eigenvalue weighted by atomic mass is 10.5. The van der Waals surface area contributed by atoms with Crippen molar-refractivity contribution in [1.82, 2.24) is 9.97 Å². The molecule has 0 amide bonds. The Kier molecular flexibility index (Phi) is 3.12. The van der Waals surface area contributed by atoms with Crippen LogP contribution in [0.3, 0.4) is 0 Å². The summed E-state index contributed by atoms with van der Waals surface area (Å²) in [5.74, 6) is 0.737. The van der Waals surface area contributed by atoms with Gasteiger partial charge in [-0.25, -0.2) is 0 Å². The summed E-state index contributed by atoms with van der Waals surface area (Å²) in [5, 5.41) is 2.54. The van der Waals surface area contributed by atoms with E-state index in [1.165, 1.54) is 17.4 Å². The van der Waals surface area contributed by atoms with Crippen molar-refractivity contribution in [1.29, 1.82) is 0 Å². The van der Waals surface area contributed by atoms with Gasteiger partial charge in [0, 0.05) is 16.3 Å². The summed E-state index contributed by atoms with van der Waals surface area (Å²) < 4.78 is 5.41. The molecule has 2 heterocycles. The highest BCUT2D eigenvalue weighted by Crippen LogP contribution is 2.21. The van der Waals surface area contributed by atoms with Gasteiger partial charge in [0.25, 0.3) is 0 Å². The second-order valence-electron chi connectivity index (χ2n) is 3.01. The number of hydrogen-bond acceptors (Lipinski definition) is 6. The molecule has 0 atom stereocenters. The van der Waals surface area contributed by atoms with Crippen molar-refractivity contribution in [2.75, 3.05) is 11.5 Å². The maximum atomic E-state index is 5.78. The van der Waals surface area contributed by atoms with Crippen molar-refractivity contribution in [3.8, 4) is 5.88 Å². The van der Waals surface area contributed by atoms with Gasteiger partial charge in [0.1, 0.15) is 12.4 Å². The van der Waals surface area contributed by atoms with E-state index in [1.54, 1.807) is 0 Å². The molecule has 2 aromatic rings. The molecule has 0 radical (unpaired) electrons. The predicted molar refractivity (Wildman–Crippen MR) is 64.5 cm³/mol. The number of aromatic nitrogens is 2. The number of nitrogen functional groups attached to an aromatic ring is 2. The smallest absolute Gasteiger partial charge is 0.225 e. The second-order valence-corrected chi connectivity index (χ2v) is 4.44. The molecule has 84 valence electrons. The van der Waals surface area contributed by atoms with Gasteiger partial charge in [-0.2, -0.15) is 9.97 Å². The zero-order valence-electron chi connectivity index (χ0n) is 8.18. The zero-order valence-corrected chi connectivity index (χ0v) is 9.76. The molecule has 16 heavy (non-hydrogen) atoms. The number of nitrogens with two attached hydrogens (primary N) is 2. The van der Waals surface area contributed by atoms with Crippen LogP contribution < -0.4 is 16.2 Å². The molecular weight excluding hydrogens is 248 g/mol. The first-order valence-corrected chi connectivity index (χ1v) is 5.65. The highest BCUT2D eigenvalue weighted by Gasteiger charge is 2.03. The first-order chi connectivity index (χ1) is 7.63. The third kappa shape index (κ3) is 2.74. The highest BCUT2D eigenvalue weighted by atomic mass is 35.5. The Bertz CT molecular complexity index is 482. The standard InChI is InChI=1S/C9H9ClN4OS/c10-5-1-6(16-4-5)3-15-8-2-7(11)13-9(12)14-8/h1-2,4H,3H2,(H4,11,12,13,14). The maximum Gasteiger partial charge on any atom is 0.225 e. The molecular formula is C9H9ClN4OS.